The number of thiazole rings is 1. The average Bonchev–Trinajstić information content (AvgIpc) is 3.26. The Morgan fingerprint density at radius 2 is 2.08 bits per heavy atom. The fourth-order valence-corrected chi connectivity index (χ4v) is 3.19. The maximum atomic E-state index is 11.9. The van der Waals surface area contributed by atoms with Crippen LogP contribution < -0.4 is 16.0 Å². The summed E-state index contributed by atoms with van der Waals surface area (Å²) in [7, 11) is 0. The molecule has 0 radical (unpaired) electrons. The Bertz CT molecular complexity index is 714. The van der Waals surface area contributed by atoms with Gasteiger partial charge in [0.05, 0.1) is 18.2 Å². The van der Waals surface area contributed by atoms with Crippen LogP contribution in [0.2, 0.25) is 0 Å². The van der Waals surface area contributed by atoms with Crippen LogP contribution in [-0.2, 0) is 16.0 Å². The Morgan fingerprint density at radius 1 is 1.24 bits per heavy atom. The normalized spacial score (nSPS) is 16.4. The summed E-state index contributed by atoms with van der Waals surface area (Å²) in [5.74, 6) is -0.0962. The van der Waals surface area contributed by atoms with Gasteiger partial charge in [-0.3, -0.25) is 10.1 Å². The van der Waals surface area contributed by atoms with E-state index in [0.29, 0.717) is 23.1 Å². The molecule has 1 aliphatic heterocycles. The van der Waals surface area contributed by atoms with E-state index >= 15 is 0 Å². The second-order valence-corrected chi connectivity index (χ2v) is 6.56. The number of aromatic nitrogens is 1. The average molecular weight is 360 g/mol. The van der Waals surface area contributed by atoms with Crippen LogP contribution in [-0.4, -0.2) is 36.2 Å². The minimum atomic E-state index is -0.366. The van der Waals surface area contributed by atoms with E-state index in [1.54, 1.807) is 17.5 Å². The first-order valence-corrected chi connectivity index (χ1v) is 9.03. The van der Waals surface area contributed by atoms with E-state index < -0.39 is 0 Å². The van der Waals surface area contributed by atoms with Crippen molar-refractivity contribution in [3.8, 4) is 0 Å². The standard InChI is InChI=1S/C17H20N4O3S/c22-15(18-10-14-7-4-8-24-14)9-13-11-25-17(20-13)21-16(23)19-12-5-2-1-3-6-12/h1-3,5-6,11,14H,4,7-10H2,(H,18,22)(H2,19,20,21,23)/t14-/m0/s1. The van der Waals surface area contributed by atoms with Crippen LogP contribution in [0, 0.1) is 0 Å². The van der Waals surface area contributed by atoms with Crippen LogP contribution in [0.4, 0.5) is 15.6 Å². The molecule has 132 valence electrons. The third kappa shape index (κ3) is 5.54. The van der Waals surface area contributed by atoms with Gasteiger partial charge >= 0.3 is 6.03 Å². The zero-order valence-corrected chi connectivity index (χ0v) is 14.5. The summed E-state index contributed by atoms with van der Waals surface area (Å²) in [5, 5.41) is 10.5. The number of hydrogen-bond acceptors (Lipinski definition) is 5. The number of para-hydroxylation sites is 1. The fourth-order valence-electron chi connectivity index (χ4n) is 2.49. The third-order valence-corrected chi connectivity index (χ3v) is 4.50. The smallest absolute Gasteiger partial charge is 0.325 e. The van der Waals surface area contributed by atoms with Crippen molar-refractivity contribution in [2.75, 3.05) is 23.8 Å². The molecule has 0 bridgehead atoms. The number of carbonyl (C=O) groups is 2. The van der Waals surface area contributed by atoms with E-state index in [-0.39, 0.29) is 24.5 Å². The SMILES string of the molecule is O=C(Cc1csc(NC(=O)Nc2ccccc2)n1)NC[C@@H]1CCCO1. The van der Waals surface area contributed by atoms with Gasteiger partial charge in [0.25, 0.3) is 0 Å². The Morgan fingerprint density at radius 3 is 2.84 bits per heavy atom. The van der Waals surface area contributed by atoms with Crippen LogP contribution >= 0.6 is 11.3 Å². The first kappa shape index (κ1) is 17.4. The highest BCUT2D eigenvalue weighted by atomic mass is 32.1. The van der Waals surface area contributed by atoms with Gasteiger partial charge in [0, 0.05) is 24.2 Å². The Balaban J connectivity index is 1.43. The Hall–Kier alpha value is -2.45. The highest BCUT2D eigenvalue weighted by Crippen LogP contribution is 2.16. The summed E-state index contributed by atoms with van der Waals surface area (Å²) in [6.07, 6.45) is 2.35. The van der Waals surface area contributed by atoms with Gasteiger partial charge in [-0.1, -0.05) is 18.2 Å². The summed E-state index contributed by atoms with van der Waals surface area (Å²) in [4.78, 5) is 28.1. The molecule has 1 saturated heterocycles. The molecule has 0 unspecified atom stereocenters. The van der Waals surface area contributed by atoms with E-state index in [1.165, 1.54) is 11.3 Å². The van der Waals surface area contributed by atoms with Crippen molar-refractivity contribution >= 4 is 34.1 Å². The van der Waals surface area contributed by atoms with Gasteiger partial charge in [0.1, 0.15) is 0 Å². The van der Waals surface area contributed by atoms with Gasteiger partial charge in [-0.2, -0.15) is 0 Å². The number of ether oxygens (including phenoxy) is 1. The van der Waals surface area contributed by atoms with Crippen LogP contribution in [0.1, 0.15) is 18.5 Å². The number of rotatable bonds is 6. The molecule has 1 fully saturated rings. The summed E-state index contributed by atoms with van der Waals surface area (Å²) < 4.78 is 5.47. The van der Waals surface area contributed by atoms with Gasteiger partial charge in [0.15, 0.2) is 5.13 Å². The van der Waals surface area contributed by atoms with Crippen LogP contribution in [0.15, 0.2) is 35.7 Å². The molecule has 3 rings (SSSR count). The van der Waals surface area contributed by atoms with Crippen LogP contribution in [0.3, 0.4) is 0 Å². The first-order chi connectivity index (χ1) is 12.2. The zero-order valence-electron chi connectivity index (χ0n) is 13.7. The number of urea groups is 1. The lowest BCUT2D eigenvalue weighted by Crippen LogP contribution is -2.32. The van der Waals surface area contributed by atoms with Gasteiger partial charge in [0.2, 0.25) is 5.91 Å². The topological polar surface area (TPSA) is 92.4 Å². The van der Waals surface area contributed by atoms with E-state index in [4.69, 9.17) is 4.74 Å². The quantitative estimate of drug-likeness (QED) is 0.738. The first-order valence-electron chi connectivity index (χ1n) is 8.15. The monoisotopic (exact) mass is 360 g/mol. The van der Waals surface area contributed by atoms with Crippen molar-refractivity contribution in [3.05, 3.63) is 41.4 Å². The van der Waals surface area contributed by atoms with Gasteiger partial charge < -0.3 is 15.4 Å². The number of nitrogens with one attached hydrogen (secondary N) is 3. The molecule has 1 aliphatic rings. The lowest BCUT2D eigenvalue weighted by molar-refractivity contribution is -0.121. The molecule has 1 atom stereocenters. The summed E-state index contributed by atoms with van der Waals surface area (Å²) in [6.45, 7) is 1.31. The lowest BCUT2D eigenvalue weighted by Gasteiger charge is -2.10. The van der Waals surface area contributed by atoms with E-state index in [1.807, 2.05) is 18.2 Å². The maximum absolute atomic E-state index is 11.9. The molecule has 3 amide bonds. The summed E-state index contributed by atoms with van der Waals surface area (Å²) >= 11 is 1.29. The maximum Gasteiger partial charge on any atom is 0.325 e. The number of amides is 3. The highest BCUT2D eigenvalue weighted by Gasteiger charge is 2.16. The molecule has 0 saturated carbocycles. The molecule has 0 aliphatic carbocycles. The van der Waals surface area contributed by atoms with Crippen LogP contribution in [0.25, 0.3) is 0 Å². The molecule has 3 N–H and O–H groups in total. The van der Waals surface area contributed by atoms with Crippen molar-refractivity contribution < 1.29 is 14.3 Å². The molecule has 2 heterocycles. The second-order valence-electron chi connectivity index (χ2n) is 5.71. The van der Waals surface area contributed by atoms with Crippen molar-refractivity contribution in [1.29, 1.82) is 0 Å². The predicted octanol–water partition coefficient (Wildman–Crippen LogP) is 2.62. The van der Waals surface area contributed by atoms with Crippen molar-refractivity contribution in [3.63, 3.8) is 0 Å². The molecule has 1 aromatic carbocycles. The van der Waals surface area contributed by atoms with Gasteiger partial charge in [-0.05, 0) is 25.0 Å². The van der Waals surface area contributed by atoms with Crippen molar-refractivity contribution in [2.45, 2.75) is 25.4 Å². The van der Waals surface area contributed by atoms with E-state index in [0.717, 1.165) is 19.4 Å². The molecule has 1 aromatic heterocycles. The zero-order chi connectivity index (χ0) is 17.5. The Kier molecular flexibility index (Phi) is 5.97. The molecule has 2 aromatic rings. The van der Waals surface area contributed by atoms with E-state index in [2.05, 4.69) is 20.9 Å². The minimum absolute atomic E-state index is 0.0962. The Labute approximate surface area is 149 Å². The molecule has 7 nitrogen and oxygen atoms in total. The highest BCUT2D eigenvalue weighted by molar-refractivity contribution is 7.13. The lowest BCUT2D eigenvalue weighted by atomic mass is 10.2. The number of nitrogens with zero attached hydrogens (tertiary/aromatic N) is 1. The second kappa shape index (κ2) is 8.59. The molecular formula is C17H20N4O3S. The predicted molar refractivity (Wildman–Crippen MR) is 96.9 cm³/mol. The summed E-state index contributed by atoms with van der Waals surface area (Å²) in [5.41, 5.74) is 1.33. The van der Waals surface area contributed by atoms with Crippen molar-refractivity contribution in [2.24, 2.45) is 0 Å². The molecule has 25 heavy (non-hydrogen) atoms. The number of hydrogen-bond donors (Lipinski definition) is 3. The third-order valence-electron chi connectivity index (χ3n) is 3.70. The summed E-state index contributed by atoms with van der Waals surface area (Å²) in [6, 6.07) is 8.78. The van der Waals surface area contributed by atoms with E-state index in [9.17, 15) is 9.59 Å². The van der Waals surface area contributed by atoms with Crippen molar-refractivity contribution in [1.82, 2.24) is 10.3 Å². The minimum Gasteiger partial charge on any atom is -0.376 e. The number of benzene rings is 1. The molecule has 8 heteroatoms. The van der Waals surface area contributed by atoms with Crippen LogP contribution in [0.5, 0.6) is 0 Å². The van der Waals surface area contributed by atoms with Gasteiger partial charge in [-0.15, -0.1) is 11.3 Å². The van der Waals surface area contributed by atoms with Gasteiger partial charge in [-0.25, -0.2) is 9.78 Å². The molecular weight excluding hydrogens is 340 g/mol. The number of anilines is 2. The molecule has 0 spiro atoms. The number of carbonyl (C=O) groups excluding carboxylic acids is 2. The largest absolute Gasteiger partial charge is 0.376 e. The fraction of sp³-hybridized carbons (Fsp3) is 0.353.